The van der Waals surface area contributed by atoms with Gasteiger partial charge in [0, 0.05) is 12.3 Å². The lowest BCUT2D eigenvalue weighted by atomic mass is 9.75. The van der Waals surface area contributed by atoms with Crippen LogP contribution in [0.5, 0.6) is 0 Å². The van der Waals surface area contributed by atoms with Crippen molar-refractivity contribution >= 4 is 9.84 Å². The van der Waals surface area contributed by atoms with Crippen molar-refractivity contribution < 1.29 is 8.42 Å². The predicted octanol–water partition coefficient (Wildman–Crippen LogP) is 2.23. The van der Waals surface area contributed by atoms with Crippen molar-refractivity contribution in [3.05, 3.63) is 0 Å². The highest BCUT2D eigenvalue weighted by Gasteiger charge is 2.29. The summed E-state index contributed by atoms with van der Waals surface area (Å²) in [6, 6.07) is 0.518. The molecule has 0 aliphatic heterocycles. The van der Waals surface area contributed by atoms with Gasteiger partial charge in [-0.05, 0) is 44.6 Å². The van der Waals surface area contributed by atoms with E-state index in [1.54, 1.807) is 0 Å². The van der Waals surface area contributed by atoms with Crippen LogP contribution in [-0.4, -0.2) is 33.5 Å². The zero-order valence-corrected chi connectivity index (χ0v) is 12.2. The Labute approximate surface area is 106 Å². The molecule has 0 aromatic rings. The van der Waals surface area contributed by atoms with Crippen LogP contribution in [0.2, 0.25) is 0 Å². The summed E-state index contributed by atoms with van der Waals surface area (Å²) in [6.45, 7) is 2.23. The minimum Gasteiger partial charge on any atom is -0.317 e. The maximum Gasteiger partial charge on any atom is 0.147 e. The average Bonchev–Trinajstić information content (AvgIpc) is 2.26. The third-order valence-corrected chi connectivity index (χ3v) is 5.00. The van der Waals surface area contributed by atoms with Crippen LogP contribution < -0.4 is 5.32 Å². The van der Waals surface area contributed by atoms with Gasteiger partial charge in [-0.25, -0.2) is 8.42 Å². The zero-order chi connectivity index (χ0) is 12.9. The highest BCUT2D eigenvalue weighted by Crippen LogP contribution is 2.34. The number of rotatable bonds is 6. The molecule has 3 atom stereocenters. The standard InChI is InChI=1S/C13H27NO2S/c1-4-5-11-6-7-13(14-2)12(10-11)8-9-17(3,15)16/h11-14H,4-10H2,1-3H3. The topological polar surface area (TPSA) is 46.2 Å². The van der Waals surface area contributed by atoms with Crippen LogP contribution in [0.1, 0.15) is 45.4 Å². The van der Waals surface area contributed by atoms with Gasteiger partial charge in [0.15, 0.2) is 0 Å². The molecule has 17 heavy (non-hydrogen) atoms. The molecule has 3 nitrogen and oxygen atoms in total. The lowest BCUT2D eigenvalue weighted by Crippen LogP contribution is -2.39. The van der Waals surface area contributed by atoms with Crippen molar-refractivity contribution in [2.24, 2.45) is 11.8 Å². The van der Waals surface area contributed by atoms with Crippen LogP contribution in [0.25, 0.3) is 0 Å². The smallest absolute Gasteiger partial charge is 0.147 e. The molecule has 1 rings (SSSR count). The maximum absolute atomic E-state index is 11.3. The summed E-state index contributed by atoms with van der Waals surface area (Å²) in [4.78, 5) is 0. The van der Waals surface area contributed by atoms with E-state index >= 15 is 0 Å². The summed E-state index contributed by atoms with van der Waals surface area (Å²) in [6.07, 6.45) is 8.41. The summed E-state index contributed by atoms with van der Waals surface area (Å²) in [5, 5.41) is 3.36. The third-order valence-electron chi connectivity index (χ3n) is 4.02. The van der Waals surface area contributed by atoms with Crippen molar-refractivity contribution in [3.63, 3.8) is 0 Å². The monoisotopic (exact) mass is 261 g/mol. The second kappa shape index (κ2) is 6.74. The van der Waals surface area contributed by atoms with E-state index in [2.05, 4.69) is 12.2 Å². The highest BCUT2D eigenvalue weighted by atomic mass is 32.2. The molecule has 102 valence electrons. The molecular weight excluding hydrogens is 234 g/mol. The minimum atomic E-state index is -2.81. The Morgan fingerprint density at radius 3 is 2.47 bits per heavy atom. The molecule has 1 saturated carbocycles. The maximum atomic E-state index is 11.3. The van der Waals surface area contributed by atoms with E-state index in [-0.39, 0.29) is 0 Å². The predicted molar refractivity (Wildman–Crippen MR) is 72.9 cm³/mol. The molecule has 0 amide bonds. The van der Waals surface area contributed by atoms with Crippen LogP contribution in [0.15, 0.2) is 0 Å². The van der Waals surface area contributed by atoms with Crippen molar-refractivity contribution in [1.82, 2.24) is 5.32 Å². The molecule has 0 spiro atoms. The van der Waals surface area contributed by atoms with Crippen LogP contribution in [0, 0.1) is 11.8 Å². The minimum absolute atomic E-state index is 0.342. The second-order valence-corrected chi connectivity index (χ2v) is 7.80. The molecule has 0 bridgehead atoms. The zero-order valence-electron chi connectivity index (χ0n) is 11.4. The molecular formula is C13H27NO2S. The van der Waals surface area contributed by atoms with Gasteiger partial charge in [0.1, 0.15) is 9.84 Å². The van der Waals surface area contributed by atoms with Gasteiger partial charge in [0.05, 0.1) is 5.75 Å². The number of hydrogen-bond donors (Lipinski definition) is 1. The van der Waals surface area contributed by atoms with Gasteiger partial charge >= 0.3 is 0 Å². The van der Waals surface area contributed by atoms with Crippen LogP contribution in [0.3, 0.4) is 0 Å². The Balaban J connectivity index is 2.51. The molecule has 3 unspecified atom stereocenters. The molecule has 1 N–H and O–H groups in total. The van der Waals surface area contributed by atoms with Gasteiger partial charge in [-0.2, -0.15) is 0 Å². The first-order chi connectivity index (χ1) is 7.96. The molecule has 0 saturated heterocycles. The van der Waals surface area contributed by atoms with Crippen molar-refractivity contribution in [2.75, 3.05) is 19.1 Å². The first-order valence-corrected chi connectivity index (χ1v) is 8.87. The SMILES string of the molecule is CCCC1CCC(NC)C(CCS(C)(=O)=O)C1. The van der Waals surface area contributed by atoms with E-state index in [0.29, 0.717) is 17.7 Å². The van der Waals surface area contributed by atoms with Crippen molar-refractivity contribution in [1.29, 1.82) is 0 Å². The fourth-order valence-corrected chi connectivity index (χ4v) is 3.83. The van der Waals surface area contributed by atoms with Crippen LogP contribution >= 0.6 is 0 Å². The number of hydrogen-bond acceptors (Lipinski definition) is 3. The lowest BCUT2D eigenvalue weighted by Gasteiger charge is -2.36. The van der Waals surface area contributed by atoms with E-state index in [1.807, 2.05) is 7.05 Å². The lowest BCUT2D eigenvalue weighted by molar-refractivity contribution is 0.197. The Hall–Kier alpha value is -0.0900. The highest BCUT2D eigenvalue weighted by molar-refractivity contribution is 7.90. The van der Waals surface area contributed by atoms with E-state index in [0.717, 1.165) is 12.3 Å². The fourth-order valence-electron chi connectivity index (χ4n) is 3.10. The Morgan fingerprint density at radius 1 is 1.24 bits per heavy atom. The van der Waals surface area contributed by atoms with E-state index in [1.165, 1.54) is 38.4 Å². The van der Waals surface area contributed by atoms with Gasteiger partial charge in [-0.3, -0.25) is 0 Å². The van der Waals surface area contributed by atoms with Crippen LogP contribution in [0.4, 0.5) is 0 Å². The summed E-state index contributed by atoms with van der Waals surface area (Å²) < 4.78 is 22.5. The molecule has 1 aliphatic rings. The molecule has 4 heteroatoms. The second-order valence-electron chi connectivity index (χ2n) is 5.54. The normalized spacial score (nSPS) is 30.4. The summed E-state index contributed by atoms with van der Waals surface area (Å²) >= 11 is 0. The first-order valence-electron chi connectivity index (χ1n) is 6.81. The molecule has 0 aromatic carbocycles. The van der Waals surface area contributed by atoms with E-state index in [9.17, 15) is 8.42 Å². The third kappa shape index (κ3) is 5.38. The average molecular weight is 261 g/mol. The summed E-state index contributed by atoms with van der Waals surface area (Å²) in [5.41, 5.74) is 0. The quantitative estimate of drug-likeness (QED) is 0.797. The fraction of sp³-hybridized carbons (Fsp3) is 1.00. The summed E-state index contributed by atoms with van der Waals surface area (Å²) in [7, 11) is -0.814. The van der Waals surface area contributed by atoms with Gasteiger partial charge in [0.25, 0.3) is 0 Å². The van der Waals surface area contributed by atoms with E-state index in [4.69, 9.17) is 0 Å². The molecule has 1 fully saturated rings. The molecule has 1 aliphatic carbocycles. The summed E-state index contributed by atoms with van der Waals surface area (Å²) in [5.74, 6) is 1.70. The Morgan fingerprint density at radius 2 is 1.94 bits per heavy atom. The van der Waals surface area contributed by atoms with Gasteiger partial charge < -0.3 is 5.32 Å². The van der Waals surface area contributed by atoms with E-state index < -0.39 is 9.84 Å². The molecule has 0 aromatic heterocycles. The Kier molecular flexibility index (Phi) is 5.93. The first kappa shape index (κ1) is 15.0. The molecule has 0 heterocycles. The van der Waals surface area contributed by atoms with Crippen molar-refractivity contribution in [3.8, 4) is 0 Å². The van der Waals surface area contributed by atoms with Gasteiger partial charge in [-0.15, -0.1) is 0 Å². The van der Waals surface area contributed by atoms with Gasteiger partial charge in [0.2, 0.25) is 0 Å². The number of nitrogens with one attached hydrogen (secondary N) is 1. The molecule has 0 radical (unpaired) electrons. The van der Waals surface area contributed by atoms with Crippen LogP contribution in [-0.2, 0) is 9.84 Å². The largest absolute Gasteiger partial charge is 0.317 e. The van der Waals surface area contributed by atoms with Crippen molar-refractivity contribution in [2.45, 2.75) is 51.5 Å². The van der Waals surface area contributed by atoms with Gasteiger partial charge in [-0.1, -0.05) is 19.8 Å². The number of sulfone groups is 1. The Bertz CT molecular complexity index is 313.